The Morgan fingerprint density at radius 3 is 2.62 bits per heavy atom. The SMILES string of the molecule is Cc1nn(C)c(C)c1CN(CC(C)C)C(=O)c1cccs1. The summed E-state index contributed by atoms with van der Waals surface area (Å²) in [5.74, 6) is 0.549. The van der Waals surface area contributed by atoms with Crippen molar-refractivity contribution in [3.05, 3.63) is 39.3 Å². The van der Waals surface area contributed by atoms with Crippen molar-refractivity contribution in [3.63, 3.8) is 0 Å². The molecule has 2 rings (SSSR count). The lowest BCUT2D eigenvalue weighted by Gasteiger charge is -2.24. The minimum absolute atomic E-state index is 0.112. The number of rotatable bonds is 5. The molecule has 0 saturated heterocycles. The van der Waals surface area contributed by atoms with E-state index in [0.29, 0.717) is 12.5 Å². The minimum atomic E-state index is 0.112. The smallest absolute Gasteiger partial charge is 0.264 e. The van der Waals surface area contributed by atoms with Gasteiger partial charge in [-0.05, 0) is 31.2 Å². The zero-order valence-corrected chi connectivity index (χ0v) is 14.2. The van der Waals surface area contributed by atoms with Gasteiger partial charge in [0, 0.05) is 31.4 Å². The van der Waals surface area contributed by atoms with Crippen LogP contribution in [0.15, 0.2) is 17.5 Å². The summed E-state index contributed by atoms with van der Waals surface area (Å²) in [4.78, 5) is 15.4. The zero-order valence-electron chi connectivity index (χ0n) is 13.4. The highest BCUT2D eigenvalue weighted by atomic mass is 32.1. The van der Waals surface area contributed by atoms with E-state index in [2.05, 4.69) is 25.9 Å². The van der Waals surface area contributed by atoms with Crippen molar-refractivity contribution in [3.8, 4) is 0 Å². The number of hydrogen-bond donors (Lipinski definition) is 0. The maximum absolute atomic E-state index is 12.7. The molecule has 0 radical (unpaired) electrons. The molecular formula is C16H23N3OS. The predicted octanol–water partition coefficient (Wildman–Crippen LogP) is 3.40. The van der Waals surface area contributed by atoms with E-state index in [1.54, 1.807) is 0 Å². The van der Waals surface area contributed by atoms with Crippen LogP contribution in [-0.2, 0) is 13.6 Å². The number of aromatic nitrogens is 2. The monoisotopic (exact) mass is 305 g/mol. The van der Waals surface area contributed by atoms with Crippen LogP contribution in [0.3, 0.4) is 0 Å². The molecule has 1 amide bonds. The number of carbonyl (C=O) groups excluding carboxylic acids is 1. The molecule has 0 bridgehead atoms. The van der Waals surface area contributed by atoms with E-state index in [1.165, 1.54) is 11.3 Å². The third-order valence-electron chi connectivity index (χ3n) is 3.61. The Morgan fingerprint density at radius 1 is 1.43 bits per heavy atom. The lowest BCUT2D eigenvalue weighted by Crippen LogP contribution is -2.33. The normalized spacial score (nSPS) is 11.1. The van der Waals surface area contributed by atoms with Gasteiger partial charge >= 0.3 is 0 Å². The molecule has 21 heavy (non-hydrogen) atoms. The second-order valence-electron chi connectivity index (χ2n) is 5.83. The van der Waals surface area contributed by atoms with Crippen molar-refractivity contribution in [2.45, 2.75) is 34.2 Å². The van der Waals surface area contributed by atoms with Crippen molar-refractivity contribution >= 4 is 17.2 Å². The largest absolute Gasteiger partial charge is 0.333 e. The van der Waals surface area contributed by atoms with Gasteiger partial charge in [-0.2, -0.15) is 5.10 Å². The summed E-state index contributed by atoms with van der Waals surface area (Å²) in [6.45, 7) is 9.71. The molecule has 0 N–H and O–H groups in total. The van der Waals surface area contributed by atoms with E-state index in [-0.39, 0.29) is 5.91 Å². The number of carbonyl (C=O) groups is 1. The van der Waals surface area contributed by atoms with Gasteiger partial charge in [-0.15, -0.1) is 11.3 Å². The molecule has 0 saturated carbocycles. The Balaban J connectivity index is 2.26. The number of nitrogens with zero attached hydrogens (tertiary/aromatic N) is 3. The number of thiophene rings is 1. The van der Waals surface area contributed by atoms with E-state index < -0.39 is 0 Å². The molecular weight excluding hydrogens is 282 g/mol. The first-order valence-electron chi connectivity index (χ1n) is 7.22. The van der Waals surface area contributed by atoms with Gasteiger partial charge in [-0.25, -0.2) is 0 Å². The van der Waals surface area contributed by atoms with Gasteiger partial charge in [0.15, 0.2) is 0 Å². The van der Waals surface area contributed by atoms with Crippen molar-refractivity contribution in [2.24, 2.45) is 13.0 Å². The Morgan fingerprint density at radius 2 is 2.14 bits per heavy atom. The van der Waals surface area contributed by atoms with E-state index in [0.717, 1.165) is 28.4 Å². The fourth-order valence-corrected chi connectivity index (χ4v) is 3.14. The van der Waals surface area contributed by atoms with Gasteiger partial charge in [0.05, 0.1) is 10.6 Å². The summed E-state index contributed by atoms with van der Waals surface area (Å²) in [7, 11) is 1.94. The van der Waals surface area contributed by atoms with Crippen LogP contribution in [0.5, 0.6) is 0 Å². The lowest BCUT2D eigenvalue weighted by molar-refractivity contribution is 0.0727. The minimum Gasteiger partial charge on any atom is -0.333 e. The molecule has 0 unspecified atom stereocenters. The molecule has 2 heterocycles. The number of aryl methyl sites for hydroxylation is 2. The van der Waals surface area contributed by atoms with Crippen LogP contribution in [0.2, 0.25) is 0 Å². The van der Waals surface area contributed by atoms with Crippen LogP contribution in [0.4, 0.5) is 0 Å². The van der Waals surface area contributed by atoms with Crippen LogP contribution in [-0.4, -0.2) is 27.1 Å². The summed E-state index contributed by atoms with van der Waals surface area (Å²) >= 11 is 1.50. The average molecular weight is 305 g/mol. The first-order valence-corrected chi connectivity index (χ1v) is 8.10. The van der Waals surface area contributed by atoms with Gasteiger partial charge in [-0.1, -0.05) is 19.9 Å². The quantitative estimate of drug-likeness (QED) is 0.849. The maximum atomic E-state index is 12.7. The highest BCUT2D eigenvalue weighted by Crippen LogP contribution is 2.19. The average Bonchev–Trinajstić information content (AvgIpc) is 3.01. The van der Waals surface area contributed by atoms with E-state index in [1.807, 2.05) is 41.1 Å². The van der Waals surface area contributed by atoms with Crippen LogP contribution in [0.25, 0.3) is 0 Å². The first-order chi connectivity index (χ1) is 9.90. The molecule has 0 aliphatic rings. The highest BCUT2D eigenvalue weighted by molar-refractivity contribution is 7.12. The molecule has 0 fully saturated rings. The highest BCUT2D eigenvalue weighted by Gasteiger charge is 2.21. The van der Waals surface area contributed by atoms with E-state index >= 15 is 0 Å². The molecule has 114 valence electrons. The Hall–Kier alpha value is -1.62. The lowest BCUT2D eigenvalue weighted by atomic mass is 10.1. The van der Waals surface area contributed by atoms with Gasteiger partial charge in [0.1, 0.15) is 0 Å². The summed E-state index contributed by atoms with van der Waals surface area (Å²) in [6, 6.07) is 3.81. The van der Waals surface area contributed by atoms with Crippen molar-refractivity contribution in [1.82, 2.24) is 14.7 Å². The molecule has 2 aromatic rings. The van der Waals surface area contributed by atoms with Gasteiger partial charge in [0.2, 0.25) is 0 Å². The number of amides is 1. The topological polar surface area (TPSA) is 38.1 Å². The second-order valence-corrected chi connectivity index (χ2v) is 6.78. The third-order valence-corrected chi connectivity index (χ3v) is 4.47. The third kappa shape index (κ3) is 3.53. The van der Waals surface area contributed by atoms with Gasteiger partial charge in [-0.3, -0.25) is 9.48 Å². The van der Waals surface area contributed by atoms with Crippen LogP contribution in [0, 0.1) is 19.8 Å². The van der Waals surface area contributed by atoms with Gasteiger partial charge < -0.3 is 4.90 Å². The van der Waals surface area contributed by atoms with E-state index in [9.17, 15) is 4.79 Å². The van der Waals surface area contributed by atoms with Crippen molar-refractivity contribution < 1.29 is 4.79 Å². The predicted molar refractivity (Wildman–Crippen MR) is 86.6 cm³/mol. The standard InChI is InChI=1S/C16H23N3OS/c1-11(2)9-19(16(20)15-7-6-8-21-15)10-14-12(3)17-18(5)13(14)4/h6-8,11H,9-10H2,1-5H3. The molecule has 2 aromatic heterocycles. The molecule has 0 spiro atoms. The Bertz CT molecular complexity index is 614. The summed E-state index contributed by atoms with van der Waals surface area (Å²) in [6.07, 6.45) is 0. The van der Waals surface area contributed by atoms with Gasteiger partial charge in [0.25, 0.3) is 5.91 Å². The zero-order chi connectivity index (χ0) is 15.6. The summed E-state index contributed by atoms with van der Waals surface area (Å²) in [5, 5.41) is 6.39. The molecule has 0 aromatic carbocycles. The van der Waals surface area contributed by atoms with Crippen molar-refractivity contribution in [2.75, 3.05) is 6.54 Å². The maximum Gasteiger partial charge on any atom is 0.264 e. The fourth-order valence-electron chi connectivity index (χ4n) is 2.45. The molecule has 0 atom stereocenters. The summed E-state index contributed by atoms with van der Waals surface area (Å²) < 4.78 is 1.88. The van der Waals surface area contributed by atoms with Crippen molar-refractivity contribution in [1.29, 1.82) is 0 Å². The molecule has 0 aliphatic carbocycles. The molecule has 4 nitrogen and oxygen atoms in total. The van der Waals surface area contributed by atoms with Crippen LogP contribution < -0.4 is 0 Å². The molecule has 5 heteroatoms. The molecule has 0 aliphatic heterocycles. The Labute approximate surface area is 130 Å². The first kappa shape index (κ1) is 15.8. The number of hydrogen-bond acceptors (Lipinski definition) is 3. The van der Waals surface area contributed by atoms with Crippen LogP contribution >= 0.6 is 11.3 Å². The second kappa shape index (κ2) is 6.43. The van der Waals surface area contributed by atoms with E-state index in [4.69, 9.17) is 0 Å². The Kier molecular flexibility index (Phi) is 4.83. The van der Waals surface area contributed by atoms with Crippen LogP contribution in [0.1, 0.15) is 40.5 Å². The summed E-state index contributed by atoms with van der Waals surface area (Å²) in [5.41, 5.74) is 3.28. The fraction of sp³-hybridized carbons (Fsp3) is 0.500.